The molecule has 0 saturated heterocycles. The van der Waals surface area contributed by atoms with Gasteiger partial charge >= 0.3 is 5.97 Å². The highest BCUT2D eigenvalue weighted by atomic mass is 35.5. The van der Waals surface area contributed by atoms with Crippen LogP contribution in [0.15, 0.2) is 0 Å². The molecule has 0 radical (unpaired) electrons. The fourth-order valence-corrected chi connectivity index (χ4v) is 2.86. The Hall–Kier alpha value is -0.810. The predicted octanol–water partition coefficient (Wildman–Crippen LogP) is 2.41. The number of carbonyl (C=O) groups excluding carboxylic acids is 2. The minimum atomic E-state index is -0.323. The standard InChI is InChI=1S/C16H30N2O3.ClH/c1-12(2)21-15(20)13(3)10-18-14(19)9-16(11-17)7-5-4-6-8-16;/h12-13H,4-11,17H2,1-3H3,(H,18,19);1H. The molecular weight excluding hydrogens is 304 g/mol. The number of amides is 1. The summed E-state index contributed by atoms with van der Waals surface area (Å²) in [4.78, 5) is 23.8. The van der Waals surface area contributed by atoms with Gasteiger partial charge < -0.3 is 15.8 Å². The Morgan fingerprint density at radius 3 is 2.27 bits per heavy atom. The lowest BCUT2D eigenvalue weighted by atomic mass is 9.71. The normalized spacial score (nSPS) is 18.2. The molecule has 1 aliphatic carbocycles. The highest BCUT2D eigenvalue weighted by Crippen LogP contribution is 2.38. The van der Waals surface area contributed by atoms with Crippen molar-refractivity contribution < 1.29 is 14.3 Å². The number of halogens is 1. The summed E-state index contributed by atoms with van der Waals surface area (Å²) in [5, 5.41) is 2.85. The van der Waals surface area contributed by atoms with Gasteiger partial charge in [0.1, 0.15) is 0 Å². The highest BCUT2D eigenvalue weighted by molar-refractivity contribution is 5.85. The molecule has 1 aliphatic rings. The number of hydrogen-bond donors (Lipinski definition) is 2. The fraction of sp³-hybridized carbons (Fsp3) is 0.875. The van der Waals surface area contributed by atoms with E-state index >= 15 is 0 Å². The van der Waals surface area contributed by atoms with Crippen molar-refractivity contribution >= 4 is 24.3 Å². The molecule has 1 unspecified atom stereocenters. The lowest BCUT2D eigenvalue weighted by Gasteiger charge is -2.35. The molecule has 0 bridgehead atoms. The SMILES string of the molecule is CC(C)OC(=O)C(C)CNC(=O)CC1(CN)CCCCC1.Cl. The second-order valence-electron chi connectivity index (χ2n) is 6.63. The van der Waals surface area contributed by atoms with Crippen molar-refractivity contribution in [3.63, 3.8) is 0 Å². The van der Waals surface area contributed by atoms with Gasteiger partial charge in [-0.25, -0.2) is 0 Å². The number of esters is 1. The maximum Gasteiger partial charge on any atom is 0.310 e. The predicted molar refractivity (Wildman–Crippen MR) is 89.8 cm³/mol. The first-order valence-corrected chi connectivity index (χ1v) is 8.06. The molecule has 0 aromatic carbocycles. The Labute approximate surface area is 140 Å². The van der Waals surface area contributed by atoms with Gasteiger partial charge in [0.15, 0.2) is 0 Å². The molecular formula is C16H31ClN2O3. The van der Waals surface area contributed by atoms with Gasteiger partial charge in [0, 0.05) is 13.0 Å². The van der Waals surface area contributed by atoms with Crippen LogP contribution in [0.5, 0.6) is 0 Å². The van der Waals surface area contributed by atoms with Crippen LogP contribution >= 0.6 is 12.4 Å². The summed E-state index contributed by atoms with van der Waals surface area (Å²) in [6.07, 6.45) is 5.95. The number of carbonyl (C=O) groups is 2. The maximum atomic E-state index is 12.1. The molecule has 3 N–H and O–H groups in total. The van der Waals surface area contributed by atoms with Crippen LogP contribution in [0.2, 0.25) is 0 Å². The summed E-state index contributed by atoms with van der Waals surface area (Å²) in [6, 6.07) is 0. The number of nitrogens with one attached hydrogen (secondary N) is 1. The monoisotopic (exact) mass is 334 g/mol. The summed E-state index contributed by atoms with van der Waals surface area (Å²) >= 11 is 0. The van der Waals surface area contributed by atoms with Gasteiger partial charge in [0.05, 0.1) is 12.0 Å². The number of rotatable bonds is 7. The van der Waals surface area contributed by atoms with Gasteiger partial charge in [-0.3, -0.25) is 9.59 Å². The Balaban J connectivity index is 0.00000441. The molecule has 0 heterocycles. The Bertz CT molecular complexity index is 355. The van der Waals surface area contributed by atoms with Gasteiger partial charge in [-0.05, 0) is 38.6 Å². The quantitative estimate of drug-likeness (QED) is 0.700. The fourth-order valence-electron chi connectivity index (χ4n) is 2.86. The average Bonchev–Trinajstić information content (AvgIpc) is 2.45. The summed E-state index contributed by atoms with van der Waals surface area (Å²) in [7, 11) is 0. The van der Waals surface area contributed by atoms with Crippen molar-refractivity contribution in [2.24, 2.45) is 17.1 Å². The van der Waals surface area contributed by atoms with Gasteiger partial charge in [0.25, 0.3) is 0 Å². The second kappa shape index (κ2) is 10.1. The van der Waals surface area contributed by atoms with E-state index in [1.165, 1.54) is 6.42 Å². The third-order valence-electron chi connectivity index (χ3n) is 4.24. The minimum Gasteiger partial charge on any atom is -0.463 e. The molecule has 6 heteroatoms. The smallest absolute Gasteiger partial charge is 0.310 e. The molecule has 0 aromatic rings. The molecule has 22 heavy (non-hydrogen) atoms. The van der Waals surface area contributed by atoms with Crippen molar-refractivity contribution in [2.45, 2.75) is 65.4 Å². The van der Waals surface area contributed by atoms with Crippen LogP contribution < -0.4 is 11.1 Å². The van der Waals surface area contributed by atoms with Gasteiger partial charge in [-0.2, -0.15) is 0 Å². The minimum absolute atomic E-state index is 0. The Kier molecular flexibility index (Phi) is 9.69. The summed E-state index contributed by atoms with van der Waals surface area (Å²) in [5.74, 6) is -0.598. The van der Waals surface area contributed by atoms with Crippen LogP contribution in [0.3, 0.4) is 0 Å². The molecule has 0 spiro atoms. The lowest BCUT2D eigenvalue weighted by Crippen LogP contribution is -2.40. The van der Waals surface area contributed by atoms with E-state index in [0.29, 0.717) is 19.5 Å². The molecule has 1 rings (SSSR count). The molecule has 5 nitrogen and oxygen atoms in total. The number of hydrogen-bond acceptors (Lipinski definition) is 4. The first-order valence-electron chi connectivity index (χ1n) is 8.06. The van der Waals surface area contributed by atoms with Crippen molar-refractivity contribution in [1.82, 2.24) is 5.32 Å². The van der Waals surface area contributed by atoms with Crippen LogP contribution in [0, 0.1) is 11.3 Å². The zero-order valence-corrected chi connectivity index (χ0v) is 14.8. The van der Waals surface area contributed by atoms with Crippen LogP contribution in [-0.4, -0.2) is 31.1 Å². The van der Waals surface area contributed by atoms with E-state index in [2.05, 4.69) is 5.32 Å². The Morgan fingerprint density at radius 1 is 1.18 bits per heavy atom. The molecule has 1 saturated carbocycles. The van der Waals surface area contributed by atoms with Crippen LogP contribution in [0.4, 0.5) is 0 Å². The number of nitrogens with two attached hydrogens (primary N) is 1. The van der Waals surface area contributed by atoms with E-state index in [1.54, 1.807) is 6.92 Å². The zero-order chi connectivity index (χ0) is 15.9. The zero-order valence-electron chi connectivity index (χ0n) is 14.0. The topological polar surface area (TPSA) is 81.4 Å². The van der Waals surface area contributed by atoms with Crippen molar-refractivity contribution in [3.8, 4) is 0 Å². The summed E-state index contributed by atoms with van der Waals surface area (Å²) in [5.41, 5.74) is 5.85. The molecule has 130 valence electrons. The molecule has 1 fully saturated rings. The lowest BCUT2D eigenvalue weighted by molar-refractivity contribution is -0.151. The van der Waals surface area contributed by atoms with Crippen molar-refractivity contribution in [1.29, 1.82) is 0 Å². The number of ether oxygens (including phenoxy) is 1. The van der Waals surface area contributed by atoms with Crippen LogP contribution in [0.1, 0.15) is 59.3 Å². The van der Waals surface area contributed by atoms with E-state index in [0.717, 1.165) is 25.7 Å². The molecule has 1 atom stereocenters. The molecule has 1 amide bonds. The first kappa shape index (κ1) is 21.2. The van der Waals surface area contributed by atoms with E-state index in [9.17, 15) is 9.59 Å². The summed E-state index contributed by atoms with van der Waals surface area (Å²) in [6.45, 7) is 6.29. The Morgan fingerprint density at radius 2 is 1.77 bits per heavy atom. The third-order valence-corrected chi connectivity index (χ3v) is 4.24. The van der Waals surface area contributed by atoms with Crippen molar-refractivity contribution in [3.05, 3.63) is 0 Å². The van der Waals surface area contributed by atoms with E-state index < -0.39 is 0 Å². The maximum absolute atomic E-state index is 12.1. The average molecular weight is 335 g/mol. The van der Waals surface area contributed by atoms with Gasteiger partial charge in [0.2, 0.25) is 5.91 Å². The van der Waals surface area contributed by atoms with E-state index in [4.69, 9.17) is 10.5 Å². The molecule has 0 aliphatic heterocycles. The van der Waals surface area contributed by atoms with Gasteiger partial charge in [-0.1, -0.05) is 26.2 Å². The van der Waals surface area contributed by atoms with E-state index in [1.807, 2.05) is 13.8 Å². The van der Waals surface area contributed by atoms with Crippen molar-refractivity contribution in [2.75, 3.05) is 13.1 Å². The third kappa shape index (κ3) is 6.97. The largest absolute Gasteiger partial charge is 0.463 e. The van der Waals surface area contributed by atoms with E-state index in [-0.39, 0.29) is 41.7 Å². The highest BCUT2D eigenvalue weighted by Gasteiger charge is 2.33. The van der Waals surface area contributed by atoms with Crippen LogP contribution in [-0.2, 0) is 14.3 Å². The first-order chi connectivity index (χ1) is 9.88. The molecule has 0 aromatic heterocycles. The summed E-state index contributed by atoms with van der Waals surface area (Å²) < 4.78 is 5.13. The van der Waals surface area contributed by atoms with Gasteiger partial charge in [-0.15, -0.1) is 12.4 Å². The van der Waals surface area contributed by atoms with Crippen LogP contribution in [0.25, 0.3) is 0 Å². The second-order valence-corrected chi connectivity index (χ2v) is 6.63.